The number of nitrogens with one attached hydrogen (secondary N) is 1. The van der Waals surface area contributed by atoms with Crippen LogP contribution in [0.5, 0.6) is 0 Å². The van der Waals surface area contributed by atoms with Gasteiger partial charge in [0.1, 0.15) is 0 Å². The molecule has 0 aliphatic carbocycles. The maximum Gasteiger partial charge on any atom is 0.231 e. The summed E-state index contributed by atoms with van der Waals surface area (Å²) in [5.41, 5.74) is 2.28. The van der Waals surface area contributed by atoms with Crippen LogP contribution in [0, 0.1) is 0 Å². The summed E-state index contributed by atoms with van der Waals surface area (Å²) in [5, 5.41) is 3.40. The van der Waals surface area contributed by atoms with Crippen LogP contribution in [0.1, 0.15) is 32.3 Å². The van der Waals surface area contributed by atoms with Gasteiger partial charge in [-0.15, -0.1) is 0 Å². The Bertz CT molecular complexity index is 417. The average molecular weight is 246 g/mol. The van der Waals surface area contributed by atoms with Gasteiger partial charge in [-0.25, -0.2) is 0 Å². The smallest absolute Gasteiger partial charge is 0.231 e. The van der Waals surface area contributed by atoms with Crippen LogP contribution in [-0.4, -0.2) is 25.0 Å². The molecule has 18 heavy (non-hydrogen) atoms. The first-order chi connectivity index (χ1) is 8.72. The molecule has 1 aromatic carbocycles. The molecule has 0 aromatic heterocycles. The van der Waals surface area contributed by atoms with Gasteiger partial charge in [0.15, 0.2) is 0 Å². The number of hydrogen-bond donors (Lipinski definition) is 1. The molecule has 98 valence electrons. The molecule has 0 spiro atoms. The Morgan fingerprint density at radius 3 is 2.94 bits per heavy atom. The first kappa shape index (κ1) is 13.1. The standard InChI is InChI=1S/C15H22N2O/c1-3-16-12(2)7-6-10-17-14-9-5-4-8-13(14)11-15(17)18/h4-5,8-9,12,16H,3,6-7,10-11H2,1-2H3. The molecule has 2 rings (SSSR count). The molecule has 1 aliphatic heterocycles. The molecule has 1 heterocycles. The SMILES string of the molecule is CCNC(C)CCCN1C(=O)Cc2ccccc21. The summed E-state index contributed by atoms with van der Waals surface area (Å²) in [7, 11) is 0. The van der Waals surface area contributed by atoms with Crippen molar-refractivity contribution in [3.05, 3.63) is 29.8 Å². The molecule has 1 N–H and O–H groups in total. The molecule has 1 aromatic rings. The van der Waals surface area contributed by atoms with Gasteiger partial charge in [0, 0.05) is 18.3 Å². The van der Waals surface area contributed by atoms with Crippen LogP contribution < -0.4 is 10.2 Å². The molecule has 3 heteroatoms. The summed E-state index contributed by atoms with van der Waals surface area (Å²) in [5.74, 6) is 0.243. The third-order valence-corrected chi connectivity index (χ3v) is 3.50. The largest absolute Gasteiger partial charge is 0.315 e. The molecule has 0 saturated heterocycles. The second kappa shape index (κ2) is 6.01. The minimum absolute atomic E-state index is 0.243. The van der Waals surface area contributed by atoms with E-state index in [2.05, 4.69) is 25.2 Å². The Morgan fingerprint density at radius 1 is 1.39 bits per heavy atom. The number of amides is 1. The molecule has 0 bridgehead atoms. The lowest BCUT2D eigenvalue weighted by Gasteiger charge is -2.19. The quantitative estimate of drug-likeness (QED) is 0.835. The zero-order valence-corrected chi connectivity index (χ0v) is 11.3. The second-order valence-electron chi connectivity index (χ2n) is 4.95. The van der Waals surface area contributed by atoms with Crippen molar-refractivity contribution in [1.29, 1.82) is 0 Å². The molecule has 0 saturated carbocycles. The number of anilines is 1. The minimum atomic E-state index is 0.243. The molecule has 3 nitrogen and oxygen atoms in total. The van der Waals surface area contributed by atoms with Gasteiger partial charge in [0.2, 0.25) is 5.91 Å². The highest BCUT2D eigenvalue weighted by Gasteiger charge is 2.25. The molecule has 1 amide bonds. The predicted octanol–water partition coefficient (Wildman–Crippen LogP) is 2.35. The summed E-state index contributed by atoms with van der Waals surface area (Å²) >= 11 is 0. The summed E-state index contributed by atoms with van der Waals surface area (Å²) < 4.78 is 0. The van der Waals surface area contributed by atoms with E-state index in [0.717, 1.165) is 31.6 Å². The van der Waals surface area contributed by atoms with Gasteiger partial charge in [0.05, 0.1) is 6.42 Å². The van der Waals surface area contributed by atoms with Crippen LogP contribution in [0.25, 0.3) is 0 Å². The molecular weight excluding hydrogens is 224 g/mol. The average Bonchev–Trinajstić information content (AvgIpc) is 2.66. The molecule has 1 aliphatic rings. The Hall–Kier alpha value is -1.35. The van der Waals surface area contributed by atoms with E-state index in [0.29, 0.717) is 12.5 Å². The zero-order valence-electron chi connectivity index (χ0n) is 11.3. The van der Waals surface area contributed by atoms with Crippen LogP contribution in [-0.2, 0) is 11.2 Å². The van der Waals surface area contributed by atoms with Gasteiger partial charge in [0.25, 0.3) is 0 Å². The first-order valence-corrected chi connectivity index (χ1v) is 6.84. The van der Waals surface area contributed by atoms with Gasteiger partial charge >= 0.3 is 0 Å². The molecular formula is C15H22N2O. The van der Waals surface area contributed by atoms with Crippen LogP contribution >= 0.6 is 0 Å². The van der Waals surface area contributed by atoms with Gasteiger partial charge in [-0.2, -0.15) is 0 Å². The third-order valence-electron chi connectivity index (χ3n) is 3.50. The number of fused-ring (bicyclic) bond motifs is 1. The summed E-state index contributed by atoms with van der Waals surface area (Å²) in [4.78, 5) is 13.9. The molecule has 0 fully saturated rings. The van der Waals surface area contributed by atoms with Crippen molar-refractivity contribution in [2.24, 2.45) is 0 Å². The monoisotopic (exact) mass is 246 g/mol. The van der Waals surface area contributed by atoms with E-state index in [4.69, 9.17) is 0 Å². The van der Waals surface area contributed by atoms with Crippen LogP contribution in [0.2, 0.25) is 0 Å². The second-order valence-corrected chi connectivity index (χ2v) is 4.95. The lowest BCUT2D eigenvalue weighted by Crippen LogP contribution is -2.30. The van der Waals surface area contributed by atoms with Crippen molar-refractivity contribution < 1.29 is 4.79 Å². The first-order valence-electron chi connectivity index (χ1n) is 6.84. The van der Waals surface area contributed by atoms with Gasteiger partial charge in [-0.3, -0.25) is 4.79 Å². The van der Waals surface area contributed by atoms with Crippen LogP contribution in [0.4, 0.5) is 5.69 Å². The predicted molar refractivity (Wildman–Crippen MR) is 74.9 cm³/mol. The topological polar surface area (TPSA) is 32.3 Å². The maximum absolute atomic E-state index is 11.9. The van der Waals surface area contributed by atoms with E-state index in [1.54, 1.807) is 0 Å². The van der Waals surface area contributed by atoms with E-state index >= 15 is 0 Å². The Labute approximate surface area is 109 Å². The van der Waals surface area contributed by atoms with E-state index in [9.17, 15) is 4.79 Å². The highest BCUT2D eigenvalue weighted by atomic mass is 16.2. The van der Waals surface area contributed by atoms with E-state index in [-0.39, 0.29) is 5.91 Å². The summed E-state index contributed by atoms with van der Waals surface area (Å²) in [6.45, 7) is 6.16. The van der Waals surface area contributed by atoms with Gasteiger partial charge in [-0.1, -0.05) is 25.1 Å². The lowest BCUT2D eigenvalue weighted by atomic mass is 10.1. The van der Waals surface area contributed by atoms with E-state index in [1.165, 1.54) is 5.56 Å². The lowest BCUT2D eigenvalue weighted by molar-refractivity contribution is -0.117. The number of carbonyl (C=O) groups is 1. The Morgan fingerprint density at radius 2 is 2.17 bits per heavy atom. The third kappa shape index (κ3) is 2.91. The number of rotatable bonds is 6. The Kier molecular flexibility index (Phi) is 4.37. The van der Waals surface area contributed by atoms with Gasteiger partial charge < -0.3 is 10.2 Å². The highest BCUT2D eigenvalue weighted by Crippen LogP contribution is 2.28. The maximum atomic E-state index is 11.9. The van der Waals surface area contributed by atoms with Crippen molar-refractivity contribution >= 4 is 11.6 Å². The van der Waals surface area contributed by atoms with Crippen molar-refractivity contribution in [1.82, 2.24) is 5.32 Å². The number of benzene rings is 1. The number of carbonyl (C=O) groups excluding carboxylic acids is 1. The van der Waals surface area contributed by atoms with Crippen molar-refractivity contribution in [2.45, 2.75) is 39.2 Å². The zero-order chi connectivity index (χ0) is 13.0. The van der Waals surface area contributed by atoms with Crippen LogP contribution in [0.15, 0.2) is 24.3 Å². The van der Waals surface area contributed by atoms with Crippen molar-refractivity contribution in [3.8, 4) is 0 Å². The fourth-order valence-corrected chi connectivity index (χ4v) is 2.57. The van der Waals surface area contributed by atoms with Crippen molar-refractivity contribution in [2.75, 3.05) is 18.0 Å². The fraction of sp³-hybridized carbons (Fsp3) is 0.533. The molecule has 1 unspecified atom stereocenters. The Balaban J connectivity index is 1.88. The highest BCUT2D eigenvalue weighted by molar-refractivity contribution is 6.01. The fourth-order valence-electron chi connectivity index (χ4n) is 2.57. The van der Waals surface area contributed by atoms with Crippen molar-refractivity contribution in [3.63, 3.8) is 0 Å². The van der Waals surface area contributed by atoms with Gasteiger partial charge in [-0.05, 0) is 37.9 Å². The van der Waals surface area contributed by atoms with Crippen LogP contribution in [0.3, 0.4) is 0 Å². The summed E-state index contributed by atoms with van der Waals surface area (Å²) in [6.07, 6.45) is 2.73. The number of para-hydroxylation sites is 1. The van der Waals surface area contributed by atoms with E-state index in [1.807, 2.05) is 23.1 Å². The normalized spacial score (nSPS) is 15.9. The number of hydrogen-bond acceptors (Lipinski definition) is 2. The summed E-state index contributed by atoms with van der Waals surface area (Å²) in [6, 6.07) is 8.64. The molecule has 0 radical (unpaired) electrons. The molecule has 1 atom stereocenters. The number of nitrogens with zero attached hydrogens (tertiary/aromatic N) is 1. The minimum Gasteiger partial charge on any atom is -0.315 e. The van der Waals surface area contributed by atoms with E-state index < -0.39 is 0 Å².